The fourth-order valence-electron chi connectivity index (χ4n) is 8.53. The quantitative estimate of drug-likeness (QED) is 0.172. The van der Waals surface area contributed by atoms with Crippen molar-refractivity contribution in [3.8, 4) is 73.2 Å². The first-order valence-corrected chi connectivity index (χ1v) is 19.1. The van der Waals surface area contributed by atoms with Crippen LogP contribution in [0.15, 0.2) is 194 Å². The molecule has 56 heavy (non-hydrogen) atoms. The van der Waals surface area contributed by atoms with Crippen molar-refractivity contribution >= 4 is 21.8 Å². The van der Waals surface area contributed by atoms with Gasteiger partial charge in [0.2, 0.25) is 0 Å². The van der Waals surface area contributed by atoms with E-state index in [2.05, 4.69) is 138 Å². The monoisotopic (exact) mass is 714 g/mol. The minimum Gasteiger partial charge on any atom is -0.309 e. The van der Waals surface area contributed by atoms with Gasteiger partial charge < -0.3 is 4.57 Å². The molecule has 262 valence electrons. The van der Waals surface area contributed by atoms with Crippen LogP contribution in [-0.2, 0) is 6.42 Å². The third-order valence-corrected chi connectivity index (χ3v) is 11.1. The van der Waals surface area contributed by atoms with Gasteiger partial charge in [0.25, 0.3) is 0 Å². The Morgan fingerprint density at radius 2 is 0.893 bits per heavy atom. The number of fused-ring (bicyclic) bond motifs is 6. The Kier molecular flexibility index (Phi) is 7.52. The molecule has 0 N–H and O–H groups in total. The molecule has 1 aliphatic carbocycles. The van der Waals surface area contributed by atoms with Crippen molar-refractivity contribution in [3.63, 3.8) is 0 Å². The average molecular weight is 715 g/mol. The van der Waals surface area contributed by atoms with E-state index in [4.69, 9.17) is 15.0 Å². The van der Waals surface area contributed by atoms with Gasteiger partial charge in [-0.2, -0.15) is 0 Å². The van der Waals surface area contributed by atoms with E-state index in [1.807, 2.05) is 60.7 Å². The third-order valence-electron chi connectivity index (χ3n) is 11.1. The van der Waals surface area contributed by atoms with Crippen LogP contribution < -0.4 is 0 Å². The van der Waals surface area contributed by atoms with Crippen LogP contribution in [0.25, 0.3) is 95.0 Å². The maximum atomic E-state index is 5.05. The maximum Gasteiger partial charge on any atom is 0.164 e. The number of benzene rings is 8. The molecule has 0 bridgehead atoms. The minimum absolute atomic E-state index is 0.639. The Morgan fingerprint density at radius 1 is 0.357 bits per heavy atom. The topological polar surface area (TPSA) is 43.6 Å². The highest BCUT2D eigenvalue weighted by Gasteiger charge is 2.23. The van der Waals surface area contributed by atoms with Crippen LogP contribution in [0.1, 0.15) is 11.1 Å². The molecule has 0 fully saturated rings. The van der Waals surface area contributed by atoms with Gasteiger partial charge >= 0.3 is 0 Å². The summed E-state index contributed by atoms with van der Waals surface area (Å²) >= 11 is 0. The van der Waals surface area contributed by atoms with Crippen molar-refractivity contribution in [1.29, 1.82) is 0 Å². The van der Waals surface area contributed by atoms with E-state index in [9.17, 15) is 0 Å². The molecule has 0 saturated heterocycles. The van der Waals surface area contributed by atoms with Crippen molar-refractivity contribution in [1.82, 2.24) is 19.5 Å². The fraction of sp³-hybridized carbons (Fsp3) is 0.0192. The summed E-state index contributed by atoms with van der Waals surface area (Å²) in [6.45, 7) is 0. The lowest BCUT2D eigenvalue weighted by molar-refractivity contribution is 1.07. The van der Waals surface area contributed by atoms with Crippen LogP contribution in [0.4, 0.5) is 0 Å². The summed E-state index contributed by atoms with van der Waals surface area (Å²) in [5.74, 6) is 1.94. The smallest absolute Gasteiger partial charge is 0.164 e. The van der Waals surface area contributed by atoms with Crippen molar-refractivity contribution in [2.75, 3.05) is 0 Å². The van der Waals surface area contributed by atoms with Gasteiger partial charge in [0.05, 0.1) is 11.0 Å². The van der Waals surface area contributed by atoms with Gasteiger partial charge in [-0.3, -0.25) is 0 Å². The molecule has 4 nitrogen and oxygen atoms in total. The molecule has 0 amide bonds. The largest absolute Gasteiger partial charge is 0.309 e. The summed E-state index contributed by atoms with van der Waals surface area (Å²) in [5.41, 5.74) is 16.6. The second-order valence-corrected chi connectivity index (χ2v) is 14.4. The van der Waals surface area contributed by atoms with Crippen LogP contribution in [0.5, 0.6) is 0 Å². The van der Waals surface area contributed by atoms with Gasteiger partial charge in [0.1, 0.15) is 0 Å². The summed E-state index contributed by atoms with van der Waals surface area (Å²) in [6.07, 6.45) is 0.943. The van der Waals surface area contributed by atoms with Crippen molar-refractivity contribution in [3.05, 3.63) is 205 Å². The van der Waals surface area contributed by atoms with Gasteiger partial charge in [-0.1, -0.05) is 158 Å². The van der Waals surface area contributed by atoms with E-state index in [1.165, 1.54) is 49.7 Å². The zero-order valence-corrected chi connectivity index (χ0v) is 30.5. The van der Waals surface area contributed by atoms with Crippen LogP contribution in [0.3, 0.4) is 0 Å². The van der Waals surface area contributed by atoms with Crippen molar-refractivity contribution in [2.45, 2.75) is 6.42 Å². The number of rotatable bonds is 6. The van der Waals surface area contributed by atoms with Gasteiger partial charge in [-0.15, -0.1) is 0 Å². The predicted molar refractivity (Wildman–Crippen MR) is 230 cm³/mol. The Balaban J connectivity index is 1.11. The summed E-state index contributed by atoms with van der Waals surface area (Å²) < 4.78 is 2.40. The van der Waals surface area contributed by atoms with Crippen LogP contribution >= 0.6 is 0 Å². The Morgan fingerprint density at radius 3 is 1.64 bits per heavy atom. The molecule has 0 atom stereocenters. The molecule has 0 unspecified atom stereocenters. The van der Waals surface area contributed by atoms with Crippen molar-refractivity contribution < 1.29 is 0 Å². The molecule has 10 aromatic rings. The second-order valence-electron chi connectivity index (χ2n) is 14.4. The lowest BCUT2D eigenvalue weighted by Gasteiger charge is -2.11. The standard InChI is InChI=1S/C52H34N4/c1-4-15-34(16-5-1)50-53-51(35-17-6-2-7-18-35)55-52(54-50)39-21-12-20-36(31-39)43-26-14-28-48-49(43)46-33-38(29-30-47(46)56(48)40-22-8-3-9-23-40)42-25-13-27-44-41-24-11-10-19-37(41)32-45(42)44/h1-31,33H,32H2. The molecule has 4 heteroatoms. The second kappa shape index (κ2) is 13.2. The highest BCUT2D eigenvalue weighted by Crippen LogP contribution is 2.44. The first kappa shape index (κ1) is 32.0. The SMILES string of the molecule is c1ccc(-c2nc(-c3ccccc3)nc(-c3cccc(-c4cccc5c4c4cc(-c6cccc7c6Cc6ccccc6-7)ccc4n5-c4ccccc4)c3)n2)cc1. The molecule has 0 radical (unpaired) electrons. The molecule has 0 aliphatic heterocycles. The normalized spacial score (nSPS) is 11.9. The minimum atomic E-state index is 0.639. The van der Waals surface area contributed by atoms with Crippen LogP contribution in [0, 0.1) is 0 Å². The van der Waals surface area contributed by atoms with Crippen LogP contribution in [0.2, 0.25) is 0 Å². The molecular weight excluding hydrogens is 681 g/mol. The van der Waals surface area contributed by atoms with E-state index < -0.39 is 0 Å². The fourth-order valence-corrected chi connectivity index (χ4v) is 8.53. The van der Waals surface area contributed by atoms with Gasteiger partial charge in [-0.25, -0.2) is 15.0 Å². The molecular formula is C52H34N4. The van der Waals surface area contributed by atoms with E-state index in [-0.39, 0.29) is 0 Å². The zero-order chi connectivity index (χ0) is 37.0. The molecule has 1 aliphatic rings. The molecule has 0 saturated carbocycles. The number of nitrogens with zero attached hydrogens (tertiary/aromatic N) is 4. The summed E-state index contributed by atoms with van der Waals surface area (Å²) in [4.78, 5) is 15.0. The van der Waals surface area contributed by atoms with Gasteiger partial charge in [0.15, 0.2) is 17.5 Å². The van der Waals surface area contributed by atoms with E-state index in [1.54, 1.807) is 0 Å². The maximum absolute atomic E-state index is 5.05. The summed E-state index contributed by atoms with van der Waals surface area (Å²) in [6, 6.07) is 68.9. The Labute approximate surface area is 325 Å². The van der Waals surface area contributed by atoms with E-state index in [0.29, 0.717) is 17.5 Å². The molecule has 8 aromatic carbocycles. The molecule has 0 spiro atoms. The number of hydrogen-bond donors (Lipinski definition) is 0. The molecule has 2 heterocycles. The lowest BCUT2D eigenvalue weighted by atomic mass is 9.93. The van der Waals surface area contributed by atoms with Crippen LogP contribution in [-0.4, -0.2) is 19.5 Å². The highest BCUT2D eigenvalue weighted by molar-refractivity contribution is 6.16. The Bertz CT molecular complexity index is 3040. The first-order valence-electron chi connectivity index (χ1n) is 19.1. The first-order chi connectivity index (χ1) is 27.8. The molecule has 2 aromatic heterocycles. The Hall–Kier alpha value is -7.43. The van der Waals surface area contributed by atoms with Crippen molar-refractivity contribution in [2.24, 2.45) is 0 Å². The number of aromatic nitrogens is 4. The third kappa shape index (κ3) is 5.34. The van der Waals surface area contributed by atoms with Gasteiger partial charge in [0, 0.05) is 33.2 Å². The molecule has 11 rings (SSSR count). The predicted octanol–water partition coefficient (Wildman–Crippen LogP) is 12.9. The number of hydrogen-bond acceptors (Lipinski definition) is 3. The lowest BCUT2D eigenvalue weighted by Crippen LogP contribution is -2.00. The summed E-state index contributed by atoms with van der Waals surface area (Å²) in [7, 11) is 0. The highest BCUT2D eigenvalue weighted by atomic mass is 15.0. The number of para-hydroxylation sites is 1. The van der Waals surface area contributed by atoms with E-state index in [0.717, 1.165) is 45.4 Å². The zero-order valence-electron chi connectivity index (χ0n) is 30.5. The average Bonchev–Trinajstić information content (AvgIpc) is 3.83. The van der Waals surface area contributed by atoms with E-state index >= 15 is 0 Å². The summed E-state index contributed by atoms with van der Waals surface area (Å²) in [5, 5.41) is 2.43. The van der Waals surface area contributed by atoms with Gasteiger partial charge in [-0.05, 0) is 87.3 Å².